The second-order valence-electron chi connectivity index (χ2n) is 6.93. The summed E-state index contributed by atoms with van der Waals surface area (Å²) in [6.45, 7) is 1.82. The first kappa shape index (κ1) is 23.1. The summed E-state index contributed by atoms with van der Waals surface area (Å²) < 4.78 is 31.2. The van der Waals surface area contributed by atoms with Gasteiger partial charge in [-0.2, -0.15) is 4.98 Å². The monoisotopic (exact) mass is 461 g/mol. The second-order valence-corrected chi connectivity index (χ2v) is 9.42. The Morgan fingerprint density at radius 3 is 2.42 bits per heavy atom. The normalized spacial score (nSPS) is 11.5. The third-order valence-electron chi connectivity index (χ3n) is 4.48. The van der Waals surface area contributed by atoms with Crippen molar-refractivity contribution in [2.75, 3.05) is 12.8 Å². The summed E-state index contributed by atoms with van der Waals surface area (Å²) in [7, 11) is -1.75. The van der Waals surface area contributed by atoms with Crippen LogP contribution in [0.4, 0.5) is 0 Å². The quantitative estimate of drug-likeness (QED) is 0.493. The van der Waals surface area contributed by atoms with Gasteiger partial charge < -0.3 is 4.74 Å². The molecule has 0 aliphatic carbocycles. The third-order valence-corrected chi connectivity index (χ3v) is 6.12. The number of benzene rings is 1. The maximum atomic E-state index is 11.5. The van der Waals surface area contributed by atoms with Crippen molar-refractivity contribution in [3.63, 3.8) is 0 Å². The summed E-state index contributed by atoms with van der Waals surface area (Å²) in [5.41, 5.74) is 1.88. The van der Waals surface area contributed by atoms with Crippen molar-refractivity contribution in [1.29, 1.82) is 0 Å². The fraction of sp³-hybridized carbons (Fsp3) is 0.333. The number of aryl methyl sites for hydroxylation is 4. The van der Waals surface area contributed by atoms with Gasteiger partial charge >= 0.3 is 0 Å². The van der Waals surface area contributed by atoms with Crippen molar-refractivity contribution < 1.29 is 13.2 Å². The lowest BCUT2D eigenvalue weighted by molar-refractivity contribution is 0.458. The first-order valence-corrected chi connectivity index (χ1v) is 11.8. The van der Waals surface area contributed by atoms with Crippen LogP contribution < -0.4 is 9.46 Å². The summed E-state index contributed by atoms with van der Waals surface area (Å²) >= 11 is 5.82. The zero-order valence-corrected chi connectivity index (χ0v) is 18.9. The molecule has 0 aliphatic heterocycles. The summed E-state index contributed by atoms with van der Waals surface area (Å²) in [4.78, 5) is 17.2. The van der Waals surface area contributed by atoms with Gasteiger partial charge in [-0.3, -0.25) is 0 Å². The Hall–Kier alpha value is -2.62. The van der Waals surface area contributed by atoms with Gasteiger partial charge in [-0.05, 0) is 50.9 Å². The molecule has 164 valence electrons. The molecule has 0 spiro atoms. The van der Waals surface area contributed by atoms with Crippen molar-refractivity contribution in [2.45, 2.75) is 32.6 Å². The molecule has 0 unspecified atom stereocenters. The van der Waals surface area contributed by atoms with E-state index in [0.717, 1.165) is 11.3 Å². The van der Waals surface area contributed by atoms with Crippen LogP contribution in [0, 0.1) is 6.92 Å². The van der Waals surface area contributed by atoms with Crippen LogP contribution in [-0.2, 0) is 29.3 Å². The molecular formula is C21H24ClN5O3S. The largest absolute Gasteiger partial charge is 0.439 e. The molecule has 0 amide bonds. The molecule has 0 bridgehead atoms. The van der Waals surface area contributed by atoms with E-state index in [2.05, 4.69) is 24.7 Å². The van der Waals surface area contributed by atoms with Gasteiger partial charge in [-0.25, -0.2) is 28.1 Å². The van der Waals surface area contributed by atoms with Crippen LogP contribution in [0.5, 0.6) is 11.6 Å². The van der Waals surface area contributed by atoms with E-state index < -0.39 is 10.0 Å². The van der Waals surface area contributed by atoms with Crippen LogP contribution in [0.15, 0.2) is 42.7 Å². The highest BCUT2D eigenvalue weighted by molar-refractivity contribution is 7.89. The number of rotatable bonds is 10. The molecular weight excluding hydrogens is 438 g/mol. The predicted molar refractivity (Wildman–Crippen MR) is 119 cm³/mol. The lowest BCUT2D eigenvalue weighted by atomic mass is 10.1. The summed E-state index contributed by atoms with van der Waals surface area (Å²) in [6, 6.07) is 9.35. The van der Waals surface area contributed by atoms with Gasteiger partial charge in [0.15, 0.2) is 0 Å². The molecule has 2 aromatic heterocycles. The Morgan fingerprint density at radius 2 is 1.74 bits per heavy atom. The van der Waals surface area contributed by atoms with E-state index in [-0.39, 0.29) is 5.75 Å². The minimum atomic E-state index is -3.17. The number of ether oxygens (including phenoxy) is 1. The number of halogens is 1. The van der Waals surface area contributed by atoms with E-state index in [4.69, 9.17) is 16.3 Å². The fourth-order valence-electron chi connectivity index (χ4n) is 2.90. The zero-order chi connectivity index (χ0) is 22.3. The standard InChI is InChI=1S/C21H24ClN5O3S/c1-15-26-18(7-10-20-24-13-17(22)14-25-20)12-21(27-15)30-19-8-5-16(6-9-19)4-3-11-31(28,29)23-2/h5-6,8-9,12-14,23H,3-4,7,10-11H2,1-2H3. The van der Waals surface area contributed by atoms with E-state index in [1.54, 1.807) is 18.5 Å². The van der Waals surface area contributed by atoms with Gasteiger partial charge in [0.2, 0.25) is 15.9 Å². The SMILES string of the molecule is CNS(=O)(=O)CCCc1ccc(Oc2cc(CCc3ncc(Cl)cn3)nc(C)n2)cc1. The molecule has 0 fully saturated rings. The van der Waals surface area contributed by atoms with Gasteiger partial charge in [0.05, 0.1) is 10.8 Å². The van der Waals surface area contributed by atoms with Crippen molar-refractivity contribution in [3.05, 3.63) is 70.7 Å². The van der Waals surface area contributed by atoms with Crippen LogP contribution in [0.2, 0.25) is 5.02 Å². The van der Waals surface area contributed by atoms with E-state index in [1.807, 2.05) is 31.2 Å². The van der Waals surface area contributed by atoms with Gasteiger partial charge in [0.1, 0.15) is 17.4 Å². The third kappa shape index (κ3) is 7.54. The molecule has 10 heteroatoms. The molecule has 1 aromatic carbocycles. The molecule has 0 saturated carbocycles. The number of hydrogen-bond donors (Lipinski definition) is 1. The lowest BCUT2D eigenvalue weighted by Gasteiger charge is -2.09. The molecule has 0 aliphatic rings. The first-order valence-electron chi connectivity index (χ1n) is 9.82. The number of nitrogens with one attached hydrogen (secondary N) is 1. The lowest BCUT2D eigenvalue weighted by Crippen LogP contribution is -2.22. The smallest absolute Gasteiger partial charge is 0.222 e. The van der Waals surface area contributed by atoms with E-state index in [9.17, 15) is 8.42 Å². The molecule has 0 radical (unpaired) electrons. The average molecular weight is 462 g/mol. The Morgan fingerprint density at radius 1 is 1.03 bits per heavy atom. The van der Waals surface area contributed by atoms with Crippen LogP contribution in [0.1, 0.15) is 29.3 Å². The maximum Gasteiger partial charge on any atom is 0.222 e. The molecule has 2 heterocycles. The van der Waals surface area contributed by atoms with Crippen molar-refractivity contribution in [3.8, 4) is 11.6 Å². The molecule has 8 nitrogen and oxygen atoms in total. The first-order chi connectivity index (χ1) is 14.8. The molecule has 0 atom stereocenters. The molecule has 0 saturated heterocycles. The highest BCUT2D eigenvalue weighted by Gasteiger charge is 2.08. The van der Waals surface area contributed by atoms with E-state index >= 15 is 0 Å². The topological polar surface area (TPSA) is 107 Å². The molecule has 1 N–H and O–H groups in total. The summed E-state index contributed by atoms with van der Waals surface area (Å²) in [5.74, 6) is 2.53. The Bertz CT molecular complexity index is 1110. The van der Waals surface area contributed by atoms with Gasteiger partial charge in [-0.1, -0.05) is 23.7 Å². The molecule has 31 heavy (non-hydrogen) atoms. The Labute approximate surface area is 187 Å². The van der Waals surface area contributed by atoms with Crippen molar-refractivity contribution >= 4 is 21.6 Å². The molecule has 3 aromatic rings. The fourth-order valence-corrected chi connectivity index (χ4v) is 3.73. The minimum Gasteiger partial charge on any atom is -0.439 e. The average Bonchev–Trinajstić information content (AvgIpc) is 2.74. The van der Waals surface area contributed by atoms with E-state index in [1.165, 1.54) is 7.05 Å². The summed E-state index contributed by atoms with van der Waals surface area (Å²) in [5, 5.41) is 0.506. The zero-order valence-electron chi connectivity index (χ0n) is 17.4. The van der Waals surface area contributed by atoms with Gasteiger partial charge in [0, 0.05) is 30.6 Å². The number of nitrogens with zero attached hydrogens (tertiary/aromatic N) is 4. The number of aromatic nitrogens is 4. The highest BCUT2D eigenvalue weighted by atomic mass is 35.5. The predicted octanol–water partition coefficient (Wildman–Crippen LogP) is 3.29. The number of sulfonamides is 1. The van der Waals surface area contributed by atoms with Crippen LogP contribution >= 0.6 is 11.6 Å². The van der Waals surface area contributed by atoms with Crippen LogP contribution in [0.3, 0.4) is 0 Å². The Kier molecular flexibility index (Phi) is 7.89. The van der Waals surface area contributed by atoms with Crippen LogP contribution in [-0.4, -0.2) is 41.2 Å². The second kappa shape index (κ2) is 10.6. The van der Waals surface area contributed by atoms with E-state index in [0.29, 0.717) is 54.0 Å². The minimum absolute atomic E-state index is 0.103. The highest BCUT2D eigenvalue weighted by Crippen LogP contribution is 2.21. The van der Waals surface area contributed by atoms with Crippen LogP contribution in [0.25, 0.3) is 0 Å². The Balaban J connectivity index is 1.58. The van der Waals surface area contributed by atoms with Crippen molar-refractivity contribution in [2.24, 2.45) is 0 Å². The maximum absolute atomic E-state index is 11.5. The number of hydrogen-bond acceptors (Lipinski definition) is 7. The van der Waals surface area contributed by atoms with Gasteiger partial charge in [-0.15, -0.1) is 0 Å². The summed E-state index contributed by atoms with van der Waals surface area (Å²) in [6.07, 6.45) is 5.65. The van der Waals surface area contributed by atoms with Crippen molar-refractivity contribution in [1.82, 2.24) is 24.7 Å². The van der Waals surface area contributed by atoms with Gasteiger partial charge in [0.25, 0.3) is 0 Å². The molecule has 3 rings (SSSR count).